The molecule has 0 bridgehead atoms. The molecule has 0 amide bonds. The lowest BCUT2D eigenvalue weighted by atomic mass is 9.91. The molecule has 0 unspecified atom stereocenters. The Morgan fingerprint density at radius 2 is 1.06 bits per heavy atom. The zero-order chi connectivity index (χ0) is 27.5. The Morgan fingerprint density at radius 3 is 1.49 bits per heavy atom. The minimum Gasteiger partial charge on any atom is -0.497 e. The second-order valence-corrected chi connectivity index (χ2v) is 6.60. The van der Waals surface area contributed by atoms with Crippen LogP contribution in [0.4, 0.5) is 65.9 Å². The Bertz CT molecular complexity index is 1040. The molecular formula is C16H7F15N2O2. The maximum absolute atomic E-state index is 14.1. The van der Waals surface area contributed by atoms with Gasteiger partial charge in [0.25, 0.3) is 0 Å². The minimum absolute atomic E-state index is 0.146. The van der Waals surface area contributed by atoms with Gasteiger partial charge in [0.05, 0.1) is 7.11 Å². The predicted molar refractivity (Wildman–Crippen MR) is 81.0 cm³/mol. The first kappa shape index (κ1) is 28.3. The van der Waals surface area contributed by atoms with E-state index in [4.69, 9.17) is 4.74 Å². The van der Waals surface area contributed by atoms with Gasteiger partial charge in [-0.15, -0.1) is 0 Å². The summed E-state index contributed by atoms with van der Waals surface area (Å²) in [6.45, 7) is 0. The van der Waals surface area contributed by atoms with Gasteiger partial charge < -0.3 is 9.26 Å². The number of nitrogens with zero attached hydrogens (tertiary/aromatic N) is 2. The summed E-state index contributed by atoms with van der Waals surface area (Å²) >= 11 is 0. The molecule has 1 aromatic heterocycles. The van der Waals surface area contributed by atoms with Crippen LogP contribution in [0, 0.1) is 0 Å². The van der Waals surface area contributed by atoms with E-state index < -0.39 is 53.4 Å². The fraction of sp³-hybridized carbons (Fsp3) is 0.500. The van der Waals surface area contributed by atoms with Crippen molar-refractivity contribution in [3.63, 3.8) is 0 Å². The van der Waals surface area contributed by atoms with Gasteiger partial charge in [-0.05, 0) is 24.3 Å². The summed E-state index contributed by atoms with van der Waals surface area (Å²) in [5, 5.41) is 2.70. The van der Waals surface area contributed by atoms with Gasteiger partial charge in [0, 0.05) is 5.56 Å². The molecule has 0 radical (unpaired) electrons. The highest BCUT2D eigenvalue weighted by atomic mass is 19.4. The standard InChI is InChI=1S/C16H7F15N2O2/c1-34-7-4-2-6(3-5-7)8-32-9(35-33-8)10(17,18)11(19,20)12(21,22)13(23,24)14(25,26)15(27,28)16(29,30)31/h2-5H,1H3. The van der Waals surface area contributed by atoms with E-state index in [2.05, 4.69) is 14.7 Å². The van der Waals surface area contributed by atoms with Crippen LogP contribution in [0.5, 0.6) is 5.75 Å². The Balaban J connectivity index is 2.55. The second kappa shape index (κ2) is 8.07. The lowest BCUT2D eigenvalue weighted by Crippen LogP contribution is -2.72. The lowest BCUT2D eigenvalue weighted by Gasteiger charge is -2.40. The molecule has 0 aliphatic carbocycles. The number of hydrogen-bond acceptors (Lipinski definition) is 4. The monoisotopic (exact) mass is 544 g/mol. The van der Waals surface area contributed by atoms with E-state index >= 15 is 0 Å². The van der Waals surface area contributed by atoms with Gasteiger partial charge in [-0.2, -0.15) is 70.8 Å². The van der Waals surface area contributed by atoms with E-state index in [1.807, 2.05) is 0 Å². The SMILES string of the molecule is COc1ccc(-c2noc(C(F)(F)C(F)(F)C(F)(F)C(F)(F)C(F)(F)C(F)(F)C(F)(F)F)n2)cc1. The van der Waals surface area contributed by atoms with Crippen molar-refractivity contribution in [3.05, 3.63) is 30.2 Å². The molecule has 35 heavy (non-hydrogen) atoms. The summed E-state index contributed by atoms with van der Waals surface area (Å²) in [4.78, 5) is 2.58. The van der Waals surface area contributed by atoms with Gasteiger partial charge >= 0.3 is 47.6 Å². The Kier molecular flexibility index (Phi) is 6.54. The molecule has 2 aromatic rings. The first-order valence-electron chi connectivity index (χ1n) is 8.33. The van der Waals surface area contributed by atoms with Crippen molar-refractivity contribution < 1.29 is 75.1 Å². The maximum Gasteiger partial charge on any atom is 0.460 e. The summed E-state index contributed by atoms with van der Waals surface area (Å²) in [5.74, 6) is -51.4. The highest BCUT2D eigenvalue weighted by molar-refractivity contribution is 5.55. The van der Waals surface area contributed by atoms with E-state index in [9.17, 15) is 65.9 Å². The summed E-state index contributed by atoms with van der Waals surface area (Å²) in [6.07, 6.45) is -7.67. The summed E-state index contributed by atoms with van der Waals surface area (Å²) in [7, 11) is 1.19. The molecule has 1 aromatic carbocycles. The molecule has 0 saturated heterocycles. The highest BCUT2D eigenvalue weighted by Crippen LogP contribution is 2.63. The van der Waals surface area contributed by atoms with Gasteiger partial charge in [0.2, 0.25) is 5.82 Å². The van der Waals surface area contributed by atoms with Crippen molar-refractivity contribution in [1.82, 2.24) is 10.1 Å². The van der Waals surface area contributed by atoms with Crippen LogP contribution in [-0.2, 0) is 5.92 Å². The van der Waals surface area contributed by atoms with E-state index in [0.717, 1.165) is 24.3 Å². The van der Waals surface area contributed by atoms with Gasteiger partial charge in [-0.3, -0.25) is 0 Å². The van der Waals surface area contributed by atoms with Crippen LogP contribution in [0.25, 0.3) is 11.4 Å². The van der Waals surface area contributed by atoms with Crippen molar-refractivity contribution in [2.24, 2.45) is 0 Å². The summed E-state index contributed by atoms with van der Waals surface area (Å²) in [5.41, 5.74) is -0.339. The number of ether oxygens (including phenoxy) is 1. The van der Waals surface area contributed by atoms with Gasteiger partial charge in [0.1, 0.15) is 5.75 Å². The Hall–Kier alpha value is -2.89. The number of methoxy groups -OCH3 is 1. The average molecular weight is 544 g/mol. The third kappa shape index (κ3) is 3.91. The fourth-order valence-electron chi connectivity index (χ4n) is 2.31. The van der Waals surface area contributed by atoms with Crippen LogP contribution in [0.2, 0.25) is 0 Å². The molecule has 0 spiro atoms. The first-order valence-corrected chi connectivity index (χ1v) is 8.33. The summed E-state index contributed by atoms with van der Waals surface area (Å²) in [6, 6.07) is 4.20. The predicted octanol–water partition coefficient (Wildman–Crippen LogP) is 6.58. The van der Waals surface area contributed by atoms with Gasteiger partial charge in [-0.25, -0.2) is 0 Å². The van der Waals surface area contributed by atoms with Crippen LogP contribution in [0.3, 0.4) is 0 Å². The van der Waals surface area contributed by atoms with Crippen LogP contribution >= 0.6 is 0 Å². The Morgan fingerprint density at radius 1 is 0.629 bits per heavy atom. The number of aromatic nitrogens is 2. The molecular weight excluding hydrogens is 537 g/mol. The average Bonchev–Trinajstić information content (AvgIpc) is 3.23. The largest absolute Gasteiger partial charge is 0.497 e. The maximum atomic E-state index is 14.1. The second-order valence-electron chi connectivity index (χ2n) is 6.60. The molecule has 0 aliphatic heterocycles. The van der Waals surface area contributed by atoms with Crippen molar-refractivity contribution >= 4 is 0 Å². The van der Waals surface area contributed by atoms with Crippen molar-refractivity contribution in [3.8, 4) is 17.1 Å². The molecule has 2 rings (SSSR count). The van der Waals surface area contributed by atoms with Crippen LogP contribution < -0.4 is 4.74 Å². The van der Waals surface area contributed by atoms with Crippen LogP contribution in [0.1, 0.15) is 5.89 Å². The molecule has 0 aliphatic rings. The molecule has 1 heterocycles. The molecule has 4 nitrogen and oxygen atoms in total. The number of halogens is 15. The first-order chi connectivity index (χ1) is 15.5. The van der Waals surface area contributed by atoms with Crippen molar-refractivity contribution in [2.45, 2.75) is 41.7 Å². The third-order valence-electron chi connectivity index (χ3n) is 4.37. The normalized spacial score (nSPS) is 14.9. The molecule has 0 saturated carbocycles. The highest BCUT2D eigenvalue weighted by Gasteiger charge is 2.94. The van der Waals surface area contributed by atoms with Gasteiger partial charge in [0.15, 0.2) is 0 Å². The molecule has 19 heteroatoms. The zero-order valence-corrected chi connectivity index (χ0v) is 16.2. The molecule has 0 fully saturated rings. The van der Waals surface area contributed by atoms with Gasteiger partial charge in [-0.1, -0.05) is 5.16 Å². The quantitative estimate of drug-likeness (QED) is 0.353. The van der Waals surface area contributed by atoms with Crippen LogP contribution in [0.15, 0.2) is 28.8 Å². The topological polar surface area (TPSA) is 48.2 Å². The minimum atomic E-state index is -8.40. The lowest BCUT2D eigenvalue weighted by molar-refractivity contribution is -0.454. The number of hydrogen-bond donors (Lipinski definition) is 0. The van der Waals surface area contributed by atoms with E-state index in [0.29, 0.717) is 0 Å². The van der Waals surface area contributed by atoms with Crippen molar-refractivity contribution in [2.75, 3.05) is 7.11 Å². The summed E-state index contributed by atoms with van der Waals surface area (Å²) < 4.78 is 207. The Labute approximate surface area is 182 Å². The molecule has 0 N–H and O–H groups in total. The molecule has 0 atom stereocenters. The number of benzene rings is 1. The van der Waals surface area contributed by atoms with E-state index in [1.54, 1.807) is 0 Å². The molecule has 198 valence electrons. The smallest absolute Gasteiger partial charge is 0.460 e. The fourth-order valence-corrected chi connectivity index (χ4v) is 2.31. The van der Waals surface area contributed by atoms with Crippen LogP contribution in [-0.4, -0.2) is 53.0 Å². The number of rotatable bonds is 8. The van der Waals surface area contributed by atoms with Crippen molar-refractivity contribution in [1.29, 1.82) is 0 Å². The van der Waals surface area contributed by atoms with E-state index in [1.165, 1.54) is 7.11 Å². The zero-order valence-electron chi connectivity index (χ0n) is 16.2. The number of alkyl halides is 15. The third-order valence-corrected chi connectivity index (χ3v) is 4.37. The van der Waals surface area contributed by atoms with E-state index in [-0.39, 0.29) is 11.3 Å².